The molecular weight excluding hydrogens is 464 g/mol. The second-order valence-corrected chi connectivity index (χ2v) is 8.10. The summed E-state index contributed by atoms with van der Waals surface area (Å²) in [6, 6.07) is 17.0. The molecule has 1 aliphatic rings. The summed E-state index contributed by atoms with van der Waals surface area (Å²) in [4.78, 5) is 20.2. The van der Waals surface area contributed by atoms with Crippen molar-refractivity contribution in [1.29, 1.82) is 0 Å². The number of urea groups is 1. The lowest BCUT2D eigenvalue weighted by Gasteiger charge is -2.26. The Kier molecular flexibility index (Phi) is 7.27. The van der Waals surface area contributed by atoms with Crippen LogP contribution in [0.1, 0.15) is 17.5 Å². The highest BCUT2D eigenvalue weighted by Gasteiger charge is 2.28. The quantitative estimate of drug-likeness (QED) is 0.456. The third-order valence-corrected chi connectivity index (χ3v) is 5.68. The molecule has 34 heavy (non-hydrogen) atoms. The largest absolute Gasteiger partial charge is 0.495 e. The Balaban J connectivity index is 1.53. The third kappa shape index (κ3) is 5.46. The number of nitrogens with zero attached hydrogens (tertiary/aromatic N) is 2. The average Bonchev–Trinajstić information content (AvgIpc) is 3.29. The molecule has 0 fully saturated rings. The third-order valence-electron chi connectivity index (χ3n) is 5.35. The van der Waals surface area contributed by atoms with Gasteiger partial charge in [0.05, 0.1) is 31.6 Å². The van der Waals surface area contributed by atoms with Crippen LogP contribution in [0.25, 0.3) is 0 Å². The summed E-state index contributed by atoms with van der Waals surface area (Å²) < 4.78 is 33.1. The maximum atomic E-state index is 14.4. The summed E-state index contributed by atoms with van der Waals surface area (Å²) in [6.07, 6.45) is -0.0631. The van der Waals surface area contributed by atoms with Crippen molar-refractivity contribution in [1.82, 2.24) is 4.90 Å². The van der Waals surface area contributed by atoms with Crippen molar-refractivity contribution in [2.75, 3.05) is 19.0 Å². The summed E-state index contributed by atoms with van der Waals surface area (Å²) in [6.45, 7) is 0.00360. The fourth-order valence-electron chi connectivity index (χ4n) is 3.64. The predicted molar refractivity (Wildman–Crippen MR) is 126 cm³/mol. The maximum Gasteiger partial charge on any atom is 0.322 e. The first-order chi connectivity index (χ1) is 16.4. The van der Waals surface area contributed by atoms with E-state index in [0.29, 0.717) is 28.6 Å². The minimum atomic E-state index is -0.740. The topological polar surface area (TPSA) is 63.2 Å². The Morgan fingerprint density at radius 1 is 1.18 bits per heavy atom. The van der Waals surface area contributed by atoms with Crippen molar-refractivity contribution in [3.8, 4) is 5.75 Å². The molecule has 9 heteroatoms. The van der Waals surface area contributed by atoms with Gasteiger partial charge in [-0.3, -0.25) is 0 Å². The van der Waals surface area contributed by atoms with Crippen LogP contribution < -0.4 is 10.1 Å². The summed E-state index contributed by atoms with van der Waals surface area (Å²) in [5.74, 6) is -0.955. The highest BCUT2D eigenvalue weighted by Crippen LogP contribution is 2.26. The minimum Gasteiger partial charge on any atom is -0.495 e. The SMILES string of the molecule is COc1ccccc1NC(=O)N(Cc1ccc(F)cc1F)CC1CC(c2ccccc2Cl)=NO1. The number of methoxy groups -OCH3 is 1. The molecule has 0 bridgehead atoms. The Bertz CT molecular complexity index is 1220. The van der Waals surface area contributed by atoms with Gasteiger partial charge in [-0.05, 0) is 24.3 Å². The lowest BCUT2D eigenvalue weighted by molar-refractivity contribution is 0.0606. The molecule has 0 spiro atoms. The zero-order chi connectivity index (χ0) is 24.1. The number of rotatable bonds is 7. The van der Waals surface area contributed by atoms with E-state index in [1.54, 1.807) is 30.3 Å². The second-order valence-electron chi connectivity index (χ2n) is 7.70. The zero-order valence-electron chi connectivity index (χ0n) is 18.3. The summed E-state index contributed by atoms with van der Waals surface area (Å²) >= 11 is 6.27. The maximum absolute atomic E-state index is 14.4. The number of ether oxygens (including phenoxy) is 1. The molecule has 0 radical (unpaired) electrons. The van der Waals surface area contributed by atoms with Crippen LogP contribution in [0.3, 0.4) is 0 Å². The molecule has 0 aromatic heterocycles. The Hall–Kier alpha value is -3.65. The average molecular weight is 486 g/mol. The molecule has 1 heterocycles. The molecule has 1 atom stereocenters. The molecular formula is C25H22ClF2N3O3. The van der Waals surface area contributed by atoms with Crippen LogP contribution in [-0.2, 0) is 11.4 Å². The van der Waals surface area contributed by atoms with E-state index in [-0.39, 0.29) is 18.7 Å². The standard InChI is InChI=1S/C25H22ClF2N3O3/c1-33-24-9-5-4-8-22(24)29-25(32)31(14-16-10-11-17(27)12-21(16)28)15-18-13-23(30-34-18)19-6-2-3-7-20(19)26/h2-12,18H,13-15H2,1H3,(H,29,32). The number of hydrogen-bond acceptors (Lipinski definition) is 4. The molecule has 0 aliphatic carbocycles. The van der Waals surface area contributed by atoms with E-state index in [9.17, 15) is 13.6 Å². The normalized spacial score (nSPS) is 14.8. The van der Waals surface area contributed by atoms with Gasteiger partial charge >= 0.3 is 6.03 Å². The van der Waals surface area contributed by atoms with Gasteiger partial charge < -0.3 is 19.8 Å². The molecule has 1 unspecified atom stereocenters. The van der Waals surface area contributed by atoms with Gasteiger partial charge in [-0.2, -0.15) is 0 Å². The number of nitrogens with one attached hydrogen (secondary N) is 1. The first kappa shape index (κ1) is 23.5. The van der Waals surface area contributed by atoms with Gasteiger partial charge in [0.15, 0.2) is 6.10 Å². The smallest absolute Gasteiger partial charge is 0.322 e. The number of amides is 2. The van der Waals surface area contributed by atoms with Crippen LogP contribution in [0, 0.1) is 11.6 Å². The van der Waals surface area contributed by atoms with Gasteiger partial charge in [0, 0.05) is 28.6 Å². The highest BCUT2D eigenvalue weighted by atomic mass is 35.5. The van der Waals surface area contributed by atoms with E-state index in [2.05, 4.69) is 10.5 Å². The number of anilines is 1. The second kappa shape index (κ2) is 10.5. The number of hydrogen-bond donors (Lipinski definition) is 1. The van der Waals surface area contributed by atoms with Gasteiger partial charge in [0.25, 0.3) is 0 Å². The Labute approximate surface area is 200 Å². The molecule has 4 rings (SSSR count). The van der Waals surface area contributed by atoms with Crippen molar-refractivity contribution in [2.45, 2.75) is 19.1 Å². The van der Waals surface area contributed by atoms with Crippen molar-refractivity contribution in [3.63, 3.8) is 0 Å². The highest BCUT2D eigenvalue weighted by molar-refractivity contribution is 6.34. The van der Waals surface area contributed by atoms with Gasteiger partial charge in [-0.15, -0.1) is 0 Å². The summed E-state index contributed by atoms with van der Waals surface area (Å²) in [5.41, 5.74) is 2.04. The first-order valence-corrected chi connectivity index (χ1v) is 10.9. The summed E-state index contributed by atoms with van der Waals surface area (Å²) in [7, 11) is 1.50. The fourth-order valence-corrected chi connectivity index (χ4v) is 3.89. The predicted octanol–water partition coefficient (Wildman–Crippen LogP) is 5.85. The molecule has 0 saturated carbocycles. The molecule has 0 saturated heterocycles. The van der Waals surface area contributed by atoms with E-state index >= 15 is 0 Å². The van der Waals surface area contributed by atoms with Crippen molar-refractivity contribution in [2.24, 2.45) is 5.16 Å². The molecule has 176 valence electrons. The minimum absolute atomic E-state index is 0.103. The molecule has 6 nitrogen and oxygen atoms in total. The lowest BCUT2D eigenvalue weighted by atomic mass is 10.0. The van der Waals surface area contributed by atoms with Crippen LogP contribution in [-0.4, -0.2) is 36.4 Å². The van der Waals surface area contributed by atoms with Gasteiger partial charge in [-0.1, -0.05) is 53.2 Å². The van der Waals surface area contributed by atoms with Crippen molar-refractivity contribution in [3.05, 3.63) is 94.5 Å². The molecule has 1 N–H and O–H groups in total. The number of carbonyl (C=O) groups is 1. The summed E-state index contributed by atoms with van der Waals surface area (Å²) in [5, 5.41) is 7.47. The number of oxime groups is 1. The van der Waals surface area contributed by atoms with Crippen molar-refractivity contribution >= 4 is 29.0 Å². The number of halogens is 3. The van der Waals surface area contributed by atoms with Gasteiger partial charge in [0.1, 0.15) is 17.4 Å². The monoisotopic (exact) mass is 485 g/mol. The van der Waals surface area contributed by atoms with Crippen LogP contribution in [0.4, 0.5) is 19.3 Å². The van der Waals surface area contributed by atoms with Crippen LogP contribution in [0.15, 0.2) is 71.9 Å². The first-order valence-electron chi connectivity index (χ1n) is 10.5. The molecule has 3 aromatic carbocycles. The van der Waals surface area contributed by atoms with Crippen LogP contribution in [0.2, 0.25) is 5.02 Å². The number of para-hydroxylation sites is 2. The van der Waals surface area contributed by atoms with E-state index < -0.39 is 23.8 Å². The van der Waals surface area contributed by atoms with E-state index in [1.807, 2.05) is 18.2 Å². The molecule has 3 aromatic rings. The number of benzene rings is 3. The fraction of sp³-hybridized carbons (Fsp3) is 0.200. The molecule has 2 amide bonds. The number of carbonyl (C=O) groups excluding carboxylic acids is 1. The van der Waals surface area contributed by atoms with E-state index in [0.717, 1.165) is 17.7 Å². The van der Waals surface area contributed by atoms with Crippen LogP contribution >= 0.6 is 11.6 Å². The van der Waals surface area contributed by atoms with Gasteiger partial charge in [0.2, 0.25) is 0 Å². The van der Waals surface area contributed by atoms with Crippen molar-refractivity contribution < 1.29 is 23.1 Å². The van der Waals surface area contributed by atoms with E-state index in [4.69, 9.17) is 21.2 Å². The van der Waals surface area contributed by atoms with E-state index in [1.165, 1.54) is 18.1 Å². The van der Waals surface area contributed by atoms with Crippen LogP contribution in [0.5, 0.6) is 5.75 Å². The lowest BCUT2D eigenvalue weighted by Crippen LogP contribution is -2.40. The molecule has 1 aliphatic heterocycles. The Morgan fingerprint density at radius 2 is 1.94 bits per heavy atom. The van der Waals surface area contributed by atoms with Gasteiger partial charge in [-0.25, -0.2) is 13.6 Å². The Morgan fingerprint density at radius 3 is 2.71 bits per heavy atom. The zero-order valence-corrected chi connectivity index (χ0v) is 19.1.